The van der Waals surface area contributed by atoms with Crippen molar-refractivity contribution >= 4 is 17.9 Å². The van der Waals surface area contributed by atoms with Gasteiger partial charge in [0.2, 0.25) is 0 Å². The van der Waals surface area contributed by atoms with Gasteiger partial charge in [-0.3, -0.25) is 9.59 Å². The summed E-state index contributed by atoms with van der Waals surface area (Å²) >= 11 is 0. The molecule has 0 saturated heterocycles. The summed E-state index contributed by atoms with van der Waals surface area (Å²) in [6, 6.07) is -0.722. The van der Waals surface area contributed by atoms with Gasteiger partial charge in [-0.2, -0.15) is 0 Å². The van der Waals surface area contributed by atoms with Crippen molar-refractivity contribution in [1.82, 2.24) is 0 Å². The van der Waals surface area contributed by atoms with E-state index < -0.39 is 18.1 Å². The second-order valence-corrected chi connectivity index (χ2v) is 16.0. The molecule has 0 aliphatic carbocycles. The maximum absolute atomic E-state index is 12.6. The van der Waals surface area contributed by atoms with Crippen molar-refractivity contribution in [3.63, 3.8) is 0 Å². The molecule has 0 rings (SSSR count). The van der Waals surface area contributed by atoms with Gasteiger partial charge in [-0.05, 0) is 38.5 Å². The van der Waals surface area contributed by atoms with Crippen molar-refractivity contribution in [3.8, 4) is 0 Å². The fourth-order valence-electron chi connectivity index (χ4n) is 6.41. The van der Waals surface area contributed by atoms with Crippen molar-refractivity contribution in [1.29, 1.82) is 0 Å². The topological polar surface area (TPSA) is 102 Å². The minimum atomic E-state index is -1.12. The zero-order chi connectivity index (χ0) is 39.3. The molecule has 310 valence electrons. The van der Waals surface area contributed by atoms with Crippen LogP contribution >= 0.6 is 0 Å². The predicted molar refractivity (Wildman–Crippen MR) is 217 cm³/mol. The summed E-state index contributed by atoms with van der Waals surface area (Å²) < 4.78 is 17.1. The van der Waals surface area contributed by atoms with E-state index in [0.717, 1.165) is 38.5 Å². The molecule has 0 aromatic carbocycles. The van der Waals surface area contributed by atoms with E-state index in [1.807, 2.05) is 0 Å². The van der Waals surface area contributed by atoms with Crippen LogP contribution in [0.1, 0.15) is 194 Å². The van der Waals surface area contributed by atoms with Crippen LogP contribution in [-0.2, 0) is 28.6 Å². The van der Waals surface area contributed by atoms with Crippen molar-refractivity contribution < 1.29 is 38.2 Å². The molecule has 0 fully saturated rings. The molecule has 8 heteroatoms. The summed E-state index contributed by atoms with van der Waals surface area (Å²) in [6.45, 7) is 4.63. The molecule has 0 amide bonds. The Morgan fingerprint density at radius 2 is 0.981 bits per heavy atom. The summed E-state index contributed by atoms with van der Waals surface area (Å²) in [6.07, 6.45) is 39.2. The maximum Gasteiger partial charge on any atom is 0.306 e. The fraction of sp³-hybridized carbons (Fsp3) is 0.844. The lowest BCUT2D eigenvalue weighted by molar-refractivity contribution is -0.889. The van der Waals surface area contributed by atoms with E-state index in [0.29, 0.717) is 12.8 Å². The molecular weight excluding hydrogens is 666 g/mol. The molecule has 0 heterocycles. The zero-order valence-electron chi connectivity index (χ0n) is 35.2. The third-order valence-electron chi connectivity index (χ3n) is 9.87. The smallest absolute Gasteiger partial charge is 0.306 e. The minimum absolute atomic E-state index is 0.0433. The van der Waals surface area contributed by atoms with Gasteiger partial charge in [0.15, 0.2) is 6.10 Å². The van der Waals surface area contributed by atoms with Crippen LogP contribution in [0.5, 0.6) is 0 Å². The maximum atomic E-state index is 12.6. The van der Waals surface area contributed by atoms with Crippen LogP contribution < -0.4 is 5.11 Å². The molecule has 0 N–H and O–H groups in total. The number of unbranched alkanes of at least 4 members (excludes halogenated alkanes) is 22. The molecule has 2 atom stereocenters. The number of esters is 2. The van der Waals surface area contributed by atoms with Crippen LogP contribution in [-0.4, -0.2) is 75.5 Å². The molecule has 0 saturated carbocycles. The van der Waals surface area contributed by atoms with Gasteiger partial charge in [0.1, 0.15) is 12.6 Å². The predicted octanol–water partition coefficient (Wildman–Crippen LogP) is 10.4. The molecule has 0 aromatic heterocycles. The number of carboxylic acids is 1. The quantitative estimate of drug-likeness (QED) is 0.0267. The van der Waals surface area contributed by atoms with Gasteiger partial charge in [-0.1, -0.05) is 160 Å². The highest BCUT2D eigenvalue weighted by atomic mass is 16.6. The molecule has 0 aliphatic heterocycles. The second-order valence-electron chi connectivity index (χ2n) is 16.0. The van der Waals surface area contributed by atoms with Crippen LogP contribution in [0.2, 0.25) is 0 Å². The summed E-state index contributed by atoms with van der Waals surface area (Å²) in [7, 11) is 5.40. The Labute approximate surface area is 326 Å². The molecule has 0 aromatic rings. The third kappa shape index (κ3) is 35.3. The van der Waals surface area contributed by atoms with Gasteiger partial charge in [-0.15, -0.1) is 0 Å². The highest BCUT2D eigenvalue weighted by Gasteiger charge is 2.25. The van der Waals surface area contributed by atoms with Crippen LogP contribution in [0.3, 0.4) is 0 Å². The lowest BCUT2D eigenvalue weighted by Crippen LogP contribution is -2.55. The Bertz CT molecular complexity index is 926. The molecule has 0 spiro atoms. The van der Waals surface area contributed by atoms with E-state index in [2.05, 4.69) is 38.2 Å². The molecular formula is C45H83NO7. The van der Waals surface area contributed by atoms with Gasteiger partial charge in [0, 0.05) is 19.3 Å². The average Bonchev–Trinajstić information content (AvgIpc) is 3.11. The number of likely N-dealkylation sites (N-methyl/N-ethyl adjacent to an activating group) is 1. The van der Waals surface area contributed by atoms with Crippen molar-refractivity contribution in [2.75, 3.05) is 41.0 Å². The summed E-state index contributed by atoms with van der Waals surface area (Å²) in [5, 5.41) is 11.6. The normalized spacial score (nSPS) is 13.2. The SMILES string of the molecule is CCCCCC/C=C/C=C/CCCCCCCCCCCCC(=O)OCC(COCCC(C(=O)[O-])[N+](C)(C)C)OC(=O)CCCCCCCCCCC. The number of hydrogen-bond donors (Lipinski definition) is 0. The van der Waals surface area contributed by atoms with Gasteiger partial charge >= 0.3 is 11.9 Å². The minimum Gasteiger partial charge on any atom is -0.544 e. The first-order valence-corrected chi connectivity index (χ1v) is 21.9. The Balaban J connectivity index is 4.22. The van der Waals surface area contributed by atoms with Crippen LogP contribution in [0.15, 0.2) is 24.3 Å². The highest BCUT2D eigenvalue weighted by Crippen LogP contribution is 2.14. The van der Waals surface area contributed by atoms with Crippen LogP contribution in [0, 0.1) is 0 Å². The lowest BCUT2D eigenvalue weighted by atomic mass is 10.1. The average molecular weight is 750 g/mol. The second kappa shape index (κ2) is 36.8. The number of rotatable bonds is 39. The highest BCUT2D eigenvalue weighted by molar-refractivity contribution is 5.70. The van der Waals surface area contributed by atoms with E-state index in [-0.39, 0.29) is 42.7 Å². The number of aliphatic carboxylic acids is 1. The summed E-state index contributed by atoms with van der Waals surface area (Å²) in [4.78, 5) is 36.7. The number of nitrogens with zero attached hydrogens (tertiary/aromatic N) is 1. The summed E-state index contributed by atoms with van der Waals surface area (Å²) in [5.74, 6) is -1.74. The van der Waals surface area contributed by atoms with Gasteiger partial charge in [0.25, 0.3) is 0 Å². The third-order valence-corrected chi connectivity index (χ3v) is 9.87. The first-order valence-electron chi connectivity index (χ1n) is 21.9. The first kappa shape index (κ1) is 50.8. The molecule has 8 nitrogen and oxygen atoms in total. The number of quaternary nitrogens is 1. The molecule has 0 radical (unpaired) electrons. The lowest BCUT2D eigenvalue weighted by Gasteiger charge is -2.34. The van der Waals surface area contributed by atoms with Crippen molar-refractivity contribution in [2.24, 2.45) is 0 Å². The number of allylic oxidation sites excluding steroid dienone is 4. The van der Waals surface area contributed by atoms with Crippen molar-refractivity contribution in [3.05, 3.63) is 24.3 Å². The fourth-order valence-corrected chi connectivity index (χ4v) is 6.41. The zero-order valence-corrected chi connectivity index (χ0v) is 35.2. The van der Waals surface area contributed by atoms with E-state index in [4.69, 9.17) is 14.2 Å². The Hall–Kier alpha value is -2.19. The van der Waals surface area contributed by atoms with Gasteiger partial charge in [0.05, 0.1) is 40.3 Å². The van der Waals surface area contributed by atoms with E-state index in [1.165, 1.54) is 122 Å². The van der Waals surface area contributed by atoms with Crippen LogP contribution in [0.4, 0.5) is 0 Å². The standard InChI is InChI=1S/C45H83NO7/c1-6-8-10-12-14-16-17-18-19-20-21-22-23-24-25-26-28-29-31-33-35-43(47)52-40-41(39-51-38-37-42(45(49)50)46(3,4)5)53-44(48)36-34-32-30-27-15-13-11-9-7-2/h16-19,41-42H,6-15,20-40H2,1-5H3/b17-16+,19-18+. The summed E-state index contributed by atoms with van der Waals surface area (Å²) in [5.41, 5.74) is 0. The number of carbonyl (C=O) groups excluding carboxylic acids is 3. The number of hydrogen-bond acceptors (Lipinski definition) is 7. The Morgan fingerprint density at radius 3 is 1.43 bits per heavy atom. The first-order chi connectivity index (χ1) is 25.6. The number of ether oxygens (including phenoxy) is 3. The van der Waals surface area contributed by atoms with Gasteiger partial charge < -0.3 is 28.6 Å². The van der Waals surface area contributed by atoms with E-state index in [1.54, 1.807) is 21.1 Å². The van der Waals surface area contributed by atoms with Gasteiger partial charge in [-0.25, -0.2) is 0 Å². The largest absolute Gasteiger partial charge is 0.544 e. The molecule has 53 heavy (non-hydrogen) atoms. The molecule has 2 unspecified atom stereocenters. The van der Waals surface area contributed by atoms with E-state index in [9.17, 15) is 19.5 Å². The molecule has 0 bridgehead atoms. The van der Waals surface area contributed by atoms with E-state index >= 15 is 0 Å². The Kier molecular flexibility index (Phi) is 35.2. The molecule has 0 aliphatic rings. The van der Waals surface area contributed by atoms with Crippen LogP contribution in [0.25, 0.3) is 0 Å². The number of carbonyl (C=O) groups is 3. The monoisotopic (exact) mass is 750 g/mol. The van der Waals surface area contributed by atoms with Crippen molar-refractivity contribution in [2.45, 2.75) is 206 Å². The number of carboxylic acid groups (broad SMARTS) is 1. The Morgan fingerprint density at radius 1 is 0.566 bits per heavy atom.